The first-order chi connectivity index (χ1) is 7.04. The van der Waals surface area contributed by atoms with Gasteiger partial charge in [-0.05, 0) is 13.0 Å². The summed E-state index contributed by atoms with van der Waals surface area (Å²) >= 11 is 0. The fourth-order valence-corrected chi connectivity index (χ4v) is 1.00. The molecule has 0 N–H and O–H groups in total. The molecule has 0 amide bonds. The van der Waals surface area contributed by atoms with E-state index in [0.29, 0.717) is 5.69 Å². The van der Waals surface area contributed by atoms with Crippen LogP contribution in [-0.4, -0.2) is 24.0 Å². The van der Waals surface area contributed by atoms with Crippen molar-refractivity contribution in [1.29, 1.82) is 0 Å². The number of carbonyl (C=O) groups is 2. The van der Waals surface area contributed by atoms with Crippen molar-refractivity contribution in [3.8, 4) is 5.75 Å². The van der Waals surface area contributed by atoms with Gasteiger partial charge in [0.05, 0.1) is 18.4 Å². The van der Waals surface area contributed by atoms with Gasteiger partial charge >= 0.3 is 11.9 Å². The van der Waals surface area contributed by atoms with Gasteiger partial charge in [-0.15, -0.1) is 0 Å². The highest BCUT2D eigenvalue weighted by molar-refractivity contribution is 5.89. The van der Waals surface area contributed by atoms with Crippen LogP contribution in [0.15, 0.2) is 12.3 Å². The van der Waals surface area contributed by atoms with E-state index in [1.165, 1.54) is 26.3 Å². The van der Waals surface area contributed by atoms with Crippen LogP contribution in [-0.2, 0) is 9.53 Å². The molecule has 5 nitrogen and oxygen atoms in total. The maximum absolute atomic E-state index is 11.2. The lowest BCUT2D eigenvalue weighted by Gasteiger charge is -2.05. The smallest absolute Gasteiger partial charge is 0.339 e. The van der Waals surface area contributed by atoms with Crippen LogP contribution in [0.2, 0.25) is 0 Å². The Labute approximate surface area is 87.0 Å². The number of esters is 2. The SMILES string of the molecule is COC(=O)c1cnc(C)c(OC(C)=O)c1. The molecule has 80 valence electrons. The van der Waals surface area contributed by atoms with Gasteiger partial charge in [0.2, 0.25) is 0 Å². The first kappa shape index (κ1) is 11.2. The summed E-state index contributed by atoms with van der Waals surface area (Å²) in [6, 6.07) is 1.43. The quantitative estimate of drug-likeness (QED) is 0.682. The number of hydrogen-bond acceptors (Lipinski definition) is 5. The summed E-state index contributed by atoms with van der Waals surface area (Å²) in [5.74, 6) is -0.705. The Bertz CT molecular complexity index is 400. The van der Waals surface area contributed by atoms with E-state index < -0.39 is 11.9 Å². The summed E-state index contributed by atoms with van der Waals surface area (Å²) in [7, 11) is 1.27. The van der Waals surface area contributed by atoms with Crippen LogP contribution >= 0.6 is 0 Å². The van der Waals surface area contributed by atoms with E-state index in [0.717, 1.165) is 0 Å². The molecule has 1 aromatic heterocycles. The Kier molecular flexibility index (Phi) is 3.38. The van der Waals surface area contributed by atoms with Crippen LogP contribution in [0.3, 0.4) is 0 Å². The van der Waals surface area contributed by atoms with Gasteiger partial charge in [-0.3, -0.25) is 9.78 Å². The highest BCUT2D eigenvalue weighted by Crippen LogP contribution is 2.17. The molecule has 0 aliphatic heterocycles. The maximum atomic E-state index is 11.2. The normalized spacial score (nSPS) is 9.53. The minimum absolute atomic E-state index is 0.249. The van der Waals surface area contributed by atoms with Crippen molar-refractivity contribution in [3.63, 3.8) is 0 Å². The minimum Gasteiger partial charge on any atom is -0.465 e. The molecular weight excluding hydrogens is 198 g/mol. The third-order valence-corrected chi connectivity index (χ3v) is 1.72. The van der Waals surface area contributed by atoms with Gasteiger partial charge in [0.1, 0.15) is 0 Å². The summed E-state index contributed by atoms with van der Waals surface area (Å²) in [5.41, 5.74) is 0.789. The van der Waals surface area contributed by atoms with Crippen LogP contribution in [0.25, 0.3) is 0 Å². The number of rotatable bonds is 2. The van der Waals surface area contributed by atoms with Gasteiger partial charge in [-0.25, -0.2) is 4.79 Å². The molecule has 0 aliphatic carbocycles. The van der Waals surface area contributed by atoms with Crippen molar-refractivity contribution in [2.75, 3.05) is 7.11 Å². The maximum Gasteiger partial charge on any atom is 0.339 e. The van der Waals surface area contributed by atoms with Gasteiger partial charge in [-0.1, -0.05) is 0 Å². The average molecular weight is 209 g/mol. The molecule has 0 aromatic carbocycles. The number of pyridine rings is 1. The highest BCUT2D eigenvalue weighted by Gasteiger charge is 2.11. The van der Waals surface area contributed by atoms with Gasteiger partial charge in [0.25, 0.3) is 0 Å². The lowest BCUT2D eigenvalue weighted by Crippen LogP contribution is -2.07. The first-order valence-corrected chi connectivity index (χ1v) is 4.28. The molecule has 0 saturated heterocycles. The average Bonchev–Trinajstić information content (AvgIpc) is 2.19. The zero-order valence-electron chi connectivity index (χ0n) is 8.73. The number of ether oxygens (including phenoxy) is 2. The Balaban J connectivity index is 3.05. The topological polar surface area (TPSA) is 65.5 Å². The van der Waals surface area contributed by atoms with Gasteiger partial charge in [-0.2, -0.15) is 0 Å². The van der Waals surface area contributed by atoms with E-state index in [1.807, 2.05) is 0 Å². The van der Waals surface area contributed by atoms with Crippen molar-refractivity contribution < 1.29 is 19.1 Å². The molecule has 1 heterocycles. The molecule has 0 spiro atoms. The third-order valence-electron chi connectivity index (χ3n) is 1.72. The number of carbonyl (C=O) groups excluding carboxylic acids is 2. The van der Waals surface area contributed by atoms with Crippen molar-refractivity contribution in [3.05, 3.63) is 23.5 Å². The predicted molar refractivity (Wildman–Crippen MR) is 51.6 cm³/mol. The van der Waals surface area contributed by atoms with Crippen LogP contribution < -0.4 is 4.74 Å². The Morgan fingerprint density at radius 1 is 1.40 bits per heavy atom. The Morgan fingerprint density at radius 2 is 2.07 bits per heavy atom. The second-order valence-electron chi connectivity index (χ2n) is 2.89. The molecule has 5 heteroatoms. The number of aryl methyl sites for hydroxylation is 1. The van der Waals surface area contributed by atoms with E-state index in [1.54, 1.807) is 6.92 Å². The van der Waals surface area contributed by atoms with Crippen LogP contribution in [0.1, 0.15) is 23.0 Å². The summed E-state index contributed by atoms with van der Waals surface area (Å²) in [6.07, 6.45) is 1.37. The Morgan fingerprint density at radius 3 is 2.60 bits per heavy atom. The summed E-state index contributed by atoms with van der Waals surface area (Å²) in [5, 5.41) is 0. The molecule has 0 fully saturated rings. The van der Waals surface area contributed by atoms with Crippen LogP contribution in [0.5, 0.6) is 5.75 Å². The Hall–Kier alpha value is -1.91. The minimum atomic E-state index is -0.518. The van der Waals surface area contributed by atoms with E-state index >= 15 is 0 Å². The van der Waals surface area contributed by atoms with E-state index in [-0.39, 0.29) is 11.3 Å². The molecule has 0 saturated carbocycles. The molecular formula is C10H11NO4. The van der Waals surface area contributed by atoms with Crippen LogP contribution in [0, 0.1) is 6.92 Å². The number of methoxy groups -OCH3 is 1. The standard InChI is InChI=1S/C10H11NO4/c1-6-9(15-7(2)12)4-8(5-11-6)10(13)14-3/h4-5H,1-3H3. The largest absolute Gasteiger partial charge is 0.465 e. The second-order valence-corrected chi connectivity index (χ2v) is 2.89. The molecule has 0 unspecified atom stereocenters. The number of aromatic nitrogens is 1. The molecule has 0 atom stereocenters. The monoisotopic (exact) mass is 209 g/mol. The van der Waals surface area contributed by atoms with Crippen molar-refractivity contribution in [2.24, 2.45) is 0 Å². The van der Waals surface area contributed by atoms with Crippen molar-refractivity contribution in [1.82, 2.24) is 4.98 Å². The molecule has 0 radical (unpaired) electrons. The molecule has 0 bridgehead atoms. The second kappa shape index (κ2) is 4.54. The lowest BCUT2D eigenvalue weighted by molar-refractivity contribution is -0.131. The zero-order valence-corrected chi connectivity index (χ0v) is 8.73. The van der Waals surface area contributed by atoms with Crippen molar-refractivity contribution in [2.45, 2.75) is 13.8 Å². The fourth-order valence-electron chi connectivity index (χ4n) is 1.00. The molecule has 1 aromatic rings. The van der Waals surface area contributed by atoms with Gasteiger partial charge < -0.3 is 9.47 Å². The molecule has 1 rings (SSSR count). The van der Waals surface area contributed by atoms with Gasteiger partial charge in [0.15, 0.2) is 5.75 Å². The third kappa shape index (κ3) is 2.77. The number of hydrogen-bond donors (Lipinski definition) is 0. The molecule has 15 heavy (non-hydrogen) atoms. The van der Waals surface area contributed by atoms with E-state index in [9.17, 15) is 9.59 Å². The van der Waals surface area contributed by atoms with E-state index in [2.05, 4.69) is 9.72 Å². The molecule has 0 aliphatic rings. The predicted octanol–water partition coefficient (Wildman–Crippen LogP) is 1.10. The lowest BCUT2D eigenvalue weighted by atomic mass is 10.2. The summed E-state index contributed by atoms with van der Waals surface area (Å²) in [4.78, 5) is 25.8. The van der Waals surface area contributed by atoms with Crippen molar-refractivity contribution >= 4 is 11.9 Å². The fraction of sp³-hybridized carbons (Fsp3) is 0.300. The van der Waals surface area contributed by atoms with E-state index in [4.69, 9.17) is 4.74 Å². The number of nitrogens with zero attached hydrogens (tertiary/aromatic N) is 1. The summed E-state index contributed by atoms with van der Waals surface area (Å²) < 4.78 is 9.39. The summed E-state index contributed by atoms with van der Waals surface area (Å²) in [6.45, 7) is 2.96. The zero-order chi connectivity index (χ0) is 11.4. The highest BCUT2D eigenvalue weighted by atomic mass is 16.5. The van der Waals surface area contributed by atoms with Crippen LogP contribution in [0.4, 0.5) is 0 Å². The van der Waals surface area contributed by atoms with Gasteiger partial charge in [0, 0.05) is 13.1 Å². The first-order valence-electron chi connectivity index (χ1n) is 4.28.